The van der Waals surface area contributed by atoms with Gasteiger partial charge in [0.1, 0.15) is 11.6 Å². The van der Waals surface area contributed by atoms with Crippen molar-refractivity contribution in [2.45, 2.75) is 13.0 Å². The van der Waals surface area contributed by atoms with E-state index in [4.69, 9.17) is 21.3 Å². The quantitative estimate of drug-likeness (QED) is 0.246. The van der Waals surface area contributed by atoms with E-state index < -0.39 is 0 Å². The van der Waals surface area contributed by atoms with Crippen LogP contribution >= 0.6 is 11.6 Å². The zero-order valence-electron chi connectivity index (χ0n) is 17.6. The van der Waals surface area contributed by atoms with Crippen LogP contribution < -0.4 is 4.74 Å². The standard InChI is InChI=1S/C28H23ClN2O/c29-24-14-10-21(11-15-24)12-17-28-30-26-8-3-4-9-27(26)31(28)18-5-19-32-25-16-13-22-6-1-2-7-23(22)20-25/h1-4,6-17,20H,5,18-19H2/b17-12+. The summed E-state index contributed by atoms with van der Waals surface area (Å²) in [4.78, 5) is 4.83. The zero-order chi connectivity index (χ0) is 21.8. The largest absolute Gasteiger partial charge is 0.494 e. The molecule has 0 radical (unpaired) electrons. The van der Waals surface area contributed by atoms with Crippen LogP contribution in [-0.2, 0) is 6.54 Å². The van der Waals surface area contributed by atoms with Crippen molar-refractivity contribution in [3.63, 3.8) is 0 Å². The van der Waals surface area contributed by atoms with Gasteiger partial charge in [0.15, 0.2) is 0 Å². The molecular formula is C28H23ClN2O. The second kappa shape index (κ2) is 9.29. The molecule has 5 aromatic rings. The van der Waals surface area contributed by atoms with Crippen LogP contribution in [0.15, 0.2) is 91.0 Å². The van der Waals surface area contributed by atoms with Crippen molar-refractivity contribution in [1.29, 1.82) is 0 Å². The summed E-state index contributed by atoms with van der Waals surface area (Å²) in [5, 5.41) is 3.16. The number of aromatic nitrogens is 2. The number of benzene rings is 4. The Kier molecular flexibility index (Phi) is 5.91. The highest BCUT2D eigenvalue weighted by Crippen LogP contribution is 2.22. The molecule has 0 unspecified atom stereocenters. The Morgan fingerprint density at radius 1 is 0.812 bits per heavy atom. The van der Waals surface area contributed by atoms with Crippen LogP contribution in [-0.4, -0.2) is 16.2 Å². The normalized spacial score (nSPS) is 11.5. The maximum absolute atomic E-state index is 6.04. The third-order valence-corrected chi connectivity index (χ3v) is 5.75. The Morgan fingerprint density at radius 3 is 2.47 bits per heavy atom. The first-order chi connectivity index (χ1) is 15.8. The molecule has 4 heteroatoms. The molecule has 0 fully saturated rings. The highest BCUT2D eigenvalue weighted by atomic mass is 35.5. The minimum atomic E-state index is 0.644. The molecule has 0 saturated carbocycles. The number of nitrogens with zero attached hydrogens (tertiary/aromatic N) is 2. The van der Waals surface area contributed by atoms with Crippen molar-refractivity contribution < 1.29 is 4.74 Å². The molecule has 0 N–H and O–H groups in total. The van der Waals surface area contributed by atoms with E-state index in [0.29, 0.717) is 6.61 Å². The Hall–Kier alpha value is -3.56. The third-order valence-electron chi connectivity index (χ3n) is 5.49. The summed E-state index contributed by atoms with van der Waals surface area (Å²) in [6, 6.07) is 30.6. The lowest BCUT2D eigenvalue weighted by molar-refractivity contribution is 0.303. The molecule has 0 atom stereocenters. The van der Waals surface area contributed by atoms with Gasteiger partial charge in [-0.25, -0.2) is 4.98 Å². The molecule has 32 heavy (non-hydrogen) atoms. The van der Waals surface area contributed by atoms with Crippen LogP contribution in [0.4, 0.5) is 0 Å². The predicted molar refractivity (Wildman–Crippen MR) is 134 cm³/mol. The van der Waals surface area contributed by atoms with Gasteiger partial charge >= 0.3 is 0 Å². The molecule has 0 saturated heterocycles. The zero-order valence-corrected chi connectivity index (χ0v) is 18.4. The smallest absolute Gasteiger partial charge is 0.133 e. The minimum Gasteiger partial charge on any atom is -0.494 e. The van der Waals surface area contributed by atoms with Crippen molar-refractivity contribution >= 4 is 45.6 Å². The van der Waals surface area contributed by atoms with Gasteiger partial charge in [0.05, 0.1) is 17.6 Å². The molecule has 0 amide bonds. The maximum Gasteiger partial charge on any atom is 0.133 e. The van der Waals surface area contributed by atoms with E-state index in [0.717, 1.165) is 46.2 Å². The topological polar surface area (TPSA) is 27.1 Å². The van der Waals surface area contributed by atoms with Gasteiger partial charge in [-0.05, 0) is 65.2 Å². The van der Waals surface area contributed by atoms with Gasteiger partial charge in [-0.15, -0.1) is 0 Å². The number of aryl methyl sites for hydroxylation is 1. The minimum absolute atomic E-state index is 0.644. The fraction of sp³-hybridized carbons (Fsp3) is 0.107. The molecular weight excluding hydrogens is 416 g/mol. The lowest BCUT2D eigenvalue weighted by Crippen LogP contribution is -2.06. The monoisotopic (exact) mass is 438 g/mol. The van der Waals surface area contributed by atoms with E-state index in [1.54, 1.807) is 0 Å². The SMILES string of the molecule is Clc1ccc(/C=C/c2nc3ccccc3n2CCCOc2ccc3ccccc3c2)cc1. The average molecular weight is 439 g/mol. The average Bonchev–Trinajstić information content (AvgIpc) is 3.19. The molecule has 3 nitrogen and oxygen atoms in total. The second-order valence-electron chi connectivity index (χ2n) is 7.71. The Balaban J connectivity index is 1.30. The van der Waals surface area contributed by atoms with Crippen molar-refractivity contribution in [2.75, 3.05) is 6.61 Å². The first kappa shape index (κ1) is 20.3. The number of ether oxygens (including phenoxy) is 1. The fourth-order valence-electron chi connectivity index (χ4n) is 3.87. The molecule has 0 spiro atoms. The lowest BCUT2D eigenvalue weighted by Gasteiger charge is -2.10. The van der Waals surface area contributed by atoms with Gasteiger partial charge in [0, 0.05) is 11.6 Å². The van der Waals surface area contributed by atoms with E-state index in [1.807, 2.05) is 36.4 Å². The number of hydrogen-bond donors (Lipinski definition) is 0. The van der Waals surface area contributed by atoms with Crippen molar-refractivity contribution in [2.24, 2.45) is 0 Å². The molecule has 4 aromatic carbocycles. The highest BCUT2D eigenvalue weighted by molar-refractivity contribution is 6.30. The van der Waals surface area contributed by atoms with Crippen LogP contribution in [0.1, 0.15) is 17.8 Å². The number of hydrogen-bond acceptors (Lipinski definition) is 2. The van der Waals surface area contributed by atoms with Gasteiger partial charge in [-0.3, -0.25) is 0 Å². The van der Waals surface area contributed by atoms with Crippen LogP contribution in [0.2, 0.25) is 5.02 Å². The summed E-state index contributed by atoms with van der Waals surface area (Å²) in [5.41, 5.74) is 3.22. The number of rotatable bonds is 7. The summed E-state index contributed by atoms with van der Waals surface area (Å²) in [5.74, 6) is 1.84. The van der Waals surface area contributed by atoms with Gasteiger partial charge in [-0.1, -0.05) is 72.3 Å². The fourth-order valence-corrected chi connectivity index (χ4v) is 4.00. The van der Waals surface area contributed by atoms with Crippen LogP contribution in [0.5, 0.6) is 5.75 Å². The molecule has 0 bridgehead atoms. The molecule has 0 aliphatic rings. The lowest BCUT2D eigenvalue weighted by atomic mass is 10.1. The number of fused-ring (bicyclic) bond motifs is 2. The Morgan fingerprint density at radius 2 is 1.59 bits per heavy atom. The molecule has 0 aliphatic heterocycles. The highest BCUT2D eigenvalue weighted by Gasteiger charge is 2.08. The van der Waals surface area contributed by atoms with E-state index in [9.17, 15) is 0 Å². The Bertz CT molecular complexity index is 1390. The summed E-state index contributed by atoms with van der Waals surface area (Å²) < 4.78 is 8.30. The van der Waals surface area contributed by atoms with E-state index in [2.05, 4.69) is 71.3 Å². The van der Waals surface area contributed by atoms with Crippen LogP contribution in [0.25, 0.3) is 34.0 Å². The molecule has 1 heterocycles. The summed E-state index contributed by atoms with van der Waals surface area (Å²) in [7, 11) is 0. The van der Waals surface area contributed by atoms with Gasteiger partial charge in [0.2, 0.25) is 0 Å². The summed E-state index contributed by atoms with van der Waals surface area (Å²) >= 11 is 6.00. The van der Waals surface area contributed by atoms with E-state index in [-0.39, 0.29) is 0 Å². The van der Waals surface area contributed by atoms with E-state index in [1.165, 1.54) is 10.8 Å². The number of para-hydroxylation sites is 2. The maximum atomic E-state index is 6.04. The first-order valence-electron chi connectivity index (χ1n) is 10.8. The van der Waals surface area contributed by atoms with Crippen molar-refractivity contribution in [3.05, 3.63) is 107 Å². The summed E-state index contributed by atoms with van der Waals surface area (Å²) in [6.45, 7) is 1.47. The summed E-state index contributed by atoms with van der Waals surface area (Å²) in [6.07, 6.45) is 5.02. The molecule has 1 aromatic heterocycles. The molecule has 0 aliphatic carbocycles. The molecule has 158 valence electrons. The second-order valence-corrected chi connectivity index (χ2v) is 8.14. The first-order valence-corrected chi connectivity index (χ1v) is 11.1. The number of halogens is 1. The van der Waals surface area contributed by atoms with Crippen LogP contribution in [0, 0.1) is 0 Å². The van der Waals surface area contributed by atoms with Crippen molar-refractivity contribution in [3.8, 4) is 5.75 Å². The number of imidazole rings is 1. The predicted octanol–water partition coefficient (Wildman–Crippen LogP) is 7.48. The van der Waals surface area contributed by atoms with Crippen LogP contribution in [0.3, 0.4) is 0 Å². The molecule has 5 rings (SSSR count). The van der Waals surface area contributed by atoms with Gasteiger partial charge in [-0.2, -0.15) is 0 Å². The van der Waals surface area contributed by atoms with Gasteiger partial charge in [0.25, 0.3) is 0 Å². The Labute approximate surface area is 192 Å². The third kappa shape index (κ3) is 4.53. The van der Waals surface area contributed by atoms with Gasteiger partial charge < -0.3 is 9.30 Å². The van der Waals surface area contributed by atoms with E-state index >= 15 is 0 Å². The van der Waals surface area contributed by atoms with Crippen molar-refractivity contribution in [1.82, 2.24) is 9.55 Å².